The number of rotatable bonds is 7. The molecule has 0 amide bonds. The van der Waals surface area contributed by atoms with Crippen LogP contribution >= 0.6 is 15.9 Å². The fourth-order valence-corrected chi connectivity index (χ4v) is 2.21. The number of hydrogen-bond acceptors (Lipinski definition) is 6. The quantitative estimate of drug-likeness (QED) is 0.384. The summed E-state index contributed by atoms with van der Waals surface area (Å²) in [5.41, 5.74) is 0.520. The van der Waals surface area contributed by atoms with Gasteiger partial charge in [0.05, 0.1) is 0 Å². The standard InChI is InChI=1S/C17H16BrNO5.C2H6O/c1-11(20)24-16-7-4-13(10-15(16)17(21)22)19-8-9-23-14-5-2-12(18)3-6-14;1-3-2/h2-7,10,19H,8-9H2,1H3,(H,21,22);1-2H3. The van der Waals surface area contributed by atoms with Crippen molar-refractivity contribution in [2.75, 3.05) is 32.7 Å². The molecule has 0 atom stereocenters. The summed E-state index contributed by atoms with van der Waals surface area (Å²) in [6.45, 7) is 2.12. The molecular weight excluding hydrogens is 418 g/mol. The average molecular weight is 440 g/mol. The molecule has 2 aromatic carbocycles. The summed E-state index contributed by atoms with van der Waals surface area (Å²) in [5.74, 6) is -0.967. The zero-order valence-corrected chi connectivity index (χ0v) is 16.9. The Bertz CT molecular complexity index is 748. The van der Waals surface area contributed by atoms with Crippen LogP contribution in [-0.2, 0) is 9.53 Å². The van der Waals surface area contributed by atoms with Gasteiger partial charge in [0.15, 0.2) is 0 Å². The lowest BCUT2D eigenvalue weighted by molar-refractivity contribution is -0.131. The Morgan fingerprint density at radius 2 is 1.74 bits per heavy atom. The molecule has 0 bridgehead atoms. The van der Waals surface area contributed by atoms with Crippen LogP contribution in [0.15, 0.2) is 46.9 Å². The van der Waals surface area contributed by atoms with Crippen LogP contribution < -0.4 is 14.8 Å². The molecular formula is C19H22BrNO6. The maximum Gasteiger partial charge on any atom is 0.339 e. The fraction of sp³-hybridized carbons (Fsp3) is 0.263. The topological polar surface area (TPSA) is 94.1 Å². The predicted octanol–water partition coefficient (Wildman–Crippen LogP) is 3.83. The molecule has 2 aromatic rings. The highest BCUT2D eigenvalue weighted by molar-refractivity contribution is 9.10. The van der Waals surface area contributed by atoms with E-state index in [0.29, 0.717) is 18.8 Å². The van der Waals surface area contributed by atoms with Gasteiger partial charge in [0.1, 0.15) is 23.7 Å². The maximum atomic E-state index is 11.3. The van der Waals surface area contributed by atoms with Crippen molar-refractivity contribution in [1.82, 2.24) is 0 Å². The molecule has 0 aromatic heterocycles. The van der Waals surface area contributed by atoms with Gasteiger partial charge in [0.25, 0.3) is 0 Å². The summed E-state index contributed by atoms with van der Waals surface area (Å²) in [7, 11) is 3.25. The molecule has 0 radical (unpaired) electrons. The SMILES string of the molecule is CC(=O)Oc1ccc(NCCOc2ccc(Br)cc2)cc1C(=O)O.COC. The molecule has 0 saturated carbocycles. The second-order valence-electron chi connectivity index (χ2n) is 5.25. The number of nitrogens with one attached hydrogen (secondary N) is 1. The van der Waals surface area contributed by atoms with Crippen LogP contribution in [-0.4, -0.2) is 44.4 Å². The highest BCUT2D eigenvalue weighted by atomic mass is 79.9. The number of esters is 1. The first kappa shape index (κ1) is 22.5. The van der Waals surface area contributed by atoms with E-state index in [9.17, 15) is 14.7 Å². The predicted molar refractivity (Wildman–Crippen MR) is 106 cm³/mol. The highest BCUT2D eigenvalue weighted by Gasteiger charge is 2.13. The van der Waals surface area contributed by atoms with Crippen molar-refractivity contribution < 1.29 is 28.9 Å². The van der Waals surface area contributed by atoms with Crippen LogP contribution in [0, 0.1) is 0 Å². The van der Waals surface area contributed by atoms with E-state index in [0.717, 1.165) is 10.2 Å². The minimum atomic E-state index is -1.17. The van der Waals surface area contributed by atoms with Gasteiger partial charge in [0.2, 0.25) is 0 Å². The molecule has 0 aliphatic heterocycles. The largest absolute Gasteiger partial charge is 0.492 e. The van der Waals surface area contributed by atoms with E-state index < -0.39 is 11.9 Å². The maximum absolute atomic E-state index is 11.3. The number of carbonyl (C=O) groups is 2. The van der Waals surface area contributed by atoms with Gasteiger partial charge in [-0.15, -0.1) is 0 Å². The third-order valence-electron chi connectivity index (χ3n) is 2.98. The summed E-state index contributed by atoms with van der Waals surface area (Å²) in [6.07, 6.45) is 0. The molecule has 0 fully saturated rings. The Labute approximate surface area is 166 Å². The first-order chi connectivity index (χ1) is 12.9. The van der Waals surface area contributed by atoms with Crippen molar-refractivity contribution in [3.8, 4) is 11.5 Å². The first-order valence-electron chi connectivity index (χ1n) is 7.95. The number of methoxy groups -OCH3 is 1. The molecule has 0 saturated heterocycles. The summed E-state index contributed by atoms with van der Waals surface area (Å²) in [4.78, 5) is 22.2. The summed E-state index contributed by atoms with van der Waals surface area (Å²) < 4.78 is 15.7. The number of ether oxygens (including phenoxy) is 3. The van der Waals surface area contributed by atoms with Crippen molar-refractivity contribution in [3.63, 3.8) is 0 Å². The van der Waals surface area contributed by atoms with E-state index in [-0.39, 0.29) is 11.3 Å². The third-order valence-corrected chi connectivity index (χ3v) is 3.51. The number of aromatic carboxylic acids is 1. The number of hydrogen-bond donors (Lipinski definition) is 2. The van der Waals surface area contributed by atoms with Gasteiger partial charge in [-0.25, -0.2) is 4.79 Å². The summed E-state index contributed by atoms with van der Waals surface area (Å²) in [5, 5.41) is 12.3. The third kappa shape index (κ3) is 8.57. The molecule has 2 N–H and O–H groups in total. The van der Waals surface area contributed by atoms with E-state index in [4.69, 9.17) is 9.47 Å². The molecule has 27 heavy (non-hydrogen) atoms. The van der Waals surface area contributed by atoms with Gasteiger partial charge in [-0.2, -0.15) is 0 Å². The summed E-state index contributed by atoms with van der Waals surface area (Å²) in [6, 6.07) is 12.0. The van der Waals surface area contributed by atoms with E-state index in [1.165, 1.54) is 19.1 Å². The van der Waals surface area contributed by atoms with E-state index in [1.807, 2.05) is 24.3 Å². The van der Waals surface area contributed by atoms with Gasteiger partial charge >= 0.3 is 11.9 Å². The van der Waals surface area contributed by atoms with Crippen LogP contribution in [0.1, 0.15) is 17.3 Å². The molecule has 0 unspecified atom stereocenters. The average Bonchev–Trinajstić information content (AvgIpc) is 2.61. The number of carboxylic acid groups (broad SMARTS) is 1. The van der Waals surface area contributed by atoms with E-state index >= 15 is 0 Å². The fourth-order valence-electron chi connectivity index (χ4n) is 1.95. The molecule has 146 valence electrons. The zero-order valence-electron chi connectivity index (χ0n) is 15.3. The molecule has 0 spiro atoms. The van der Waals surface area contributed by atoms with Crippen LogP contribution in [0.2, 0.25) is 0 Å². The van der Waals surface area contributed by atoms with Crippen LogP contribution in [0.5, 0.6) is 11.5 Å². The second-order valence-corrected chi connectivity index (χ2v) is 6.16. The number of carboxylic acids is 1. The molecule has 0 heterocycles. The molecule has 7 nitrogen and oxygen atoms in total. The van der Waals surface area contributed by atoms with Gasteiger partial charge in [-0.3, -0.25) is 4.79 Å². The summed E-state index contributed by atoms with van der Waals surface area (Å²) >= 11 is 3.35. The lowest BCUT2D eigenvalue weighted by atomic mass is 10.1. The van der Waals surface area contributed by atoms with Crippen molar-refractivity contribution >= 4 is 33.6 Å². The van der Waals surface area contributed by atoms with Crippen LogP contribution in [0.3, 0.4) is 0 Å². The van der Waals surface area contributed by atoms with E-state index in [2.05, 4.69) is 26.0 Å². The Hall–Kier alpha value is -2.58. The highest BCUT2D eigenvalue weighted by Crippen LogP contribution is 2.23. The molecule has 0 aliphatic carbocycles. The number of anilines is 1. The van der Waals surface area contributed by atoms with Crippen LogP contribution in [0.25, 0.3) is 0 Å². The van der Waals surface area contributed by atoms with Gasteiger partial charge in [-0.05, 0) is 42.5 Å². The van der Waals surface area contributed by atoms with E-state index in [1.54, 1.807) is 20.3 Å². The van der Waals surface area contributed by atoms with Crippen LogP contribution in [0.4, 0.5) is 5.69 Å². The lowest BCUT2D eigenvalue weighted by Gasteiger charge is -2.11. The lowest BCUT2D eigenvalue weighted by Crippen LogP contribution is -2.13. The van der Waals surface area contributed by atoms with Crippen molar-refractivity contribution in [2.24, 2.45) is 0 Å². The molecule has 0 aliphatic rings. The van der Waals surface area contributed by atoms with Crippen molar-refractivity contribution in [3.05, 3.63) is 52.5 Å². The van der Waals surface area contributed by atoms with Crippen molar-refractivity contribution in [2.45, 2.75) is 6.92 Å². The Morgan fingerprint density at radius 1 is 1.11 bits per heavy atom. The first-order valence-corrected chi connectivity index (χ1v) is 8.74. The Balaban J connectivity index is 0.00000114. The zero-order chi connectivity index (χ0) is 20.2. The minimum Gasteiger partial charge on any atom is -0.492 e. The van der Waals surface area contributed by atoms with Gasteiger partial charge in [-0.1, -0.05) is 15.9 Å². The Kier molecular flexibility index (Phi) is 9.92. The van der Waals surface area contributed by atoms with Gasteiger partial charge < -0.3 is 24.6 Å². The number of halogens is 1. The second kappa shape index (κ2) is 11.9. The van der Waals surface area contributed by atoms with Crippen molar-refractivity contribution in [1.29, 1.82) is 0 Å². The normalized spacial score (nSPS) is 9.63. The number of benzene rings is 2. The Morgan fingerprint density at radius 3 is 2.30 bits per heavy atom. The minimum absolute atomic E-state index is 0.0201. The number of carbonyl (C=O) groups excluding carboxylic acids is 1. The monoisotopic (exact) mass is 439 g/mol. The molecule has 8 heteroatoms. The molecule has 2 rings (SSSR count). The van der Waals surface area contributed by atoms with Gasteiger partial charge in [0, 0.05) is 37.8 Å². The smallest absolute Gasteiger partial charge is 0.339 e.